The molecule has 1 rings (SSSR count). The molecule has 3 N–H and O–H groups in total. The van der Waals surface area contributed by atoms with Gasteiger partial charge in [-0.3, -0.25) is 11.3 Å². The third-order valence-electron chi connectivity index (χ3n) is 2.70. The second-order valence-corrected chi connectivity index (χ2v) is 3.81. The lowest BCUT2D eigenvalue weighted by Crippen LogP contribution is -2.27. The molecule has 0 bridgehead atoms. The fourth-order valence-electron chi connectivity index (χ4n) is 1.68. The van der Waals surface area contributed by atoms with Gasteiger partial charge in [0.1, 0.15) is 5.75 Å². The van der Waals surface area contributed by atoms with Crippen LogP contribution in [0.4, 0.5) is 0 Å². The van der Waals surface area contributed by atoms with E-state index in [1.165, 1.54) is 0 Å². The molecule has 0 aliphatic carbocycles. The molecular formula is C13H20N2O. The van der Waals surface area contributed by atoms with E-state index in [-0.39, 0.29) is 6.04 Å². The standard InChI is InChI=1S/C13H20N2O/c1-4-5-6-12(15-14)11-8-7-10(2)13(9-11)16-3/h4,7-9,12,15H,1,5-6,14H2,2-3H3. The van der Waals surface area contributed by atoms with E-state index in [1.54, 1.807) is 7.11 Å². The second-order valence-electron chi connectivity index (χ2n) is 3.81. The van der Waals surface area contributed by atoms with Gasteiger partial charge in [-0.15, -0.1) is 6.58 Å². The topological polar surface area (TPSA) is 47.3 Å². The first-order valence-electron chi connectivity index (χ1n) is 5.44. The quantitative estimate of drug-likeness (QED) is 0.440. The van der Waals surface area contributed by atoms with Crippen molar-refractivity contribution < 1.29 is 4.74 Å². The SMILES string of the molecule is C=CCCC(NN)c1ccc(C)c(OC)c1. The number of hydrogen-bond acceptors (Lipinski definition) is 3. The molecule has 1 unspecified atom stereocenters. The van der Waals surface area contributed by atoms with Gasteiger partial charge in [0.2, 0.25) is 0 Å². The van der Waals surface area contributed by atoms with Crippen molar-refractivity contribution in [3.8, 4) is 5.75 Å². The molecule has 3 heteroatoms. The number of hydrazine groups is 1. The summed E-state index contributed by atoms with van der Waals surface area (Å²) < 4.78 is 5.30. The highest BCUT2D eigenvalue weighted by Gasteiger charge is 2.10. The van der Waals surface area contributed by atoms with Crippen LogP contribution in [0.15, 0.2) is 30.9 Å². The summed E-state index contributed by atoms with van der Waals surface area (Å²) in [6.45, 7) is 5.74. The Morgan fingerprint density at radius 3 is 2.88 bits per heavy atom. The van der Waals surface area contributed by atoms with Gasteiger partial charge >= 0.3 is 0 Å². The fourth-order valence-corrected chi connectivity index (χ4v) is 1.68. The van der Waals surface area contributed by atoms with Crippen molar-refractivity contribution in [1.82, 2.24) is 5.43 Å². The highest BCUT2D eigenvalue weighted by molar-refractivity contribution is 5.37. The molecule has 16 heavy (non-hydrogen) atoms. The van der Waals surface area contributed by atoms with E-state index in [4.69, 9.17) is 10.6 Å². The van der Waals surface area contributed by atoms with Crippen molar-refractivity contribution in [2.24, 2.45) is 5.84 Å². The lowest BCUT2D eigenvalue weighted by Gasteiger charge is -2.17. The predicted molar refractivity (Wildman–Crippen MR) is 67.2 cm³/mol. The van der Waals surface area contributed by atoms with Crippen LogP contribution in [0.1, 0.15) is 30.0 Å². The minimum Gasteiger partial charge on any atom is -0.496 e. The molecule has 0 aliphatic rings. The summed E-state index contributed by atoms with van der Waals surface area (Å²) in [5.41, 5.74) is 5.10. The maximum Gasteiger partial charge on any atom is 0.122 e. The highest BCUT2D eigenvalue weighted by Crippen LogP contribution is 2.25. The first-order chi connectivity index (χ1) is 7.72. The molecule has 0 radical (unpaired) electrons. The number of allylic oxidation sites excluding steroid dienone is 1. The van der Waals surface area contributed by atoms with Crippen LogP contribution in [0.25, 0.3) is 0 Å². The van der Waals surface area contributed by atoms with Crippen molar-refractivity contribution in [3.63, 3.8) is 0 Å². The van der Waals surface area contributed by atoms with Gasteiger partial charge in [0, 0.05) is 6.04 Å². The molecule has 0 saturated heterocycles. The van der Waals surface area contributed by atoms with Crippen molar-refractivity contribution in [2.45, 2.75) is 25.8 Å². The largest absolute Gasteiger partial charge is 0.496 e. The third-order valence-corrected chi connectivity index (χ3v) is 2.70. The highest BCUT2D eigenvalue weighted by atomic mass is 16.5. The third kappa shape index (κ3) is 3.08. The van der Waals surface area contributed by atoms with E-state index < -0.39 is 0 Å². The van der Waals surface area contributed by atoms with Crippen LogP contribution >= 0.6 is 0 Å². The van der Waals surface area contributed by atoms with Crippen molar-refractivity contribution >= 4 is 0 Å². The average molecular weight is 220 g/mol. The molecule has 0 aromatic heterocycles. The van der Waals surface area contributed by atoms with E-state index in [1.807, 2.05) is 25.1 Å². The number of nitrogens with two attached hydrogens (primary N) is 1. The molecule has 0 heterocycles. The summed E-state index contributed by atoms with van der Waals surface area (Å²) in [6, 6.07) is 6.30. The van der Waals surface area contributed by atoms with Crippen LogP contribution in [0.2, 0.25) is 0 Å². The van der Waals surface area contributed by atoms with Crippen LogP contribution in [-0.4, -0.2) is 7.11 Å². The molecular weight excluding hydrogens is 200 g/mol. The summed E-state index contributed by atoms with van der Waals surface area (Å²) in [5.74, 6) is 6.45. The van der Waals surface area contributed by atoms with Gasteiger partial charge in [0.15, 0.2) is 0 Å². The lowest BCUT2D eigenvalue weighted by atomic mass is 10.0. The van der Waals surface area contributed by atoms with E-state index >= 15 is 0 Å². The number of nitrogens with one attached hydrogen (secondary N) is 1. The summed E-state index contributed by atoms with van der Waals surface area (Å²) in [7, 11) is 1.68. The van der Waals surface area contributed by atoms with Gasteiger partial charge in [-0.2, -0.15) is 0 Å². The Morgan fingerprint density at radius 2 is 2.31 bits per heavy atom. The Hall–Kier alpha value is -1.32. The molecule has 3 nitrogen and oxygen atoms in total. The lowest BCUT2D eigenvalue weighted by molar-refractivity contribution is 0.409. The number of methoxy groups -OCH3 is 1. The Kier molecular flexibility index (Phi) is 5.02. The van der Waals surface area contributed by atoms with Gasteiger partial charge in [-0.25, -0.2) is 0 Å². The first kappa shape index (κ1) is 12.7. The van der Waals surface area contributed by atoms with Crippen molar-refractivity contribution in [3.05, 3.63) is 42.0 Å². The van der Waals surface area contributed by atoms with Crippen LogP contribution < -0.4 is 16.0 Å². The zero-order valence-electron chi connectivity index (χ0n) is 9.99. The van der Waals surface area contributed by atoms with Gasteiger partial charge in [0.05, 0.1) is 7.11 Å². The van der Waals surface area contributed by atoms with E-state index in [9.17, 15) is 0 Å². The maximum atomic E-state index is 5.55. The summed E-state index contributed by atoms with van der Waals surface area (Å²) in [5, 5.41) is 0. The number of benzene rings is 1. The molecule has 0 spiro atoms. The molecule has 1 aromatic rings. The smallest absolute Gasteiger partial charge is 0.122 e. The van der Waals surface area contributed by atoms with Gasteiger partial charge in [-0.1, -0.05) is 18.2 Å². The predicted octanol–water partition coefficient (Wildman–Crippen LogP) is 2.47. The number of aryl methyl sites for hydroxylation is 1. The number of rotatable bonds is 6. The Balaban J connectivity index is 2.87. The monoisotopic (exact) mass is 220 g/mol. The Labute approximate surface area is 97.3 Å². The zero-order chi connectivity index (χ0) is 12.0. The van der Waals surface area contributed by atoms with Crippen LogP contribution in [0.5, 0.6) is 5.75 Å². The van der Waals surface area contributed by atoms with Crippen LogP contribution in [0, 0.1) is 6.92 Å². The summed E-state index contributed by atoms with van der Waals surface area (Å²) in [4.78, 5) is 0. The molecule has 1 aromatic carbocycles. The normalized spacial score (nSPS) is 12.2. The first-order valence-corrected chi connectivity index (χ1v) is 5.44. The molecule has 88 valence electrons. The minimum atomic E-state index is 0.146. The molecule has 0 saturated carbocycles. The van der Waals surface area contributed by atoms with E-state index in [2.05, 4.69) is 18.1 Å². The summed E-state index contributed by atoms with van der Waals surface area (Å²) >= 11 is 0. The van der Waals surface area contributed by atoms with Gasteiger partial charge in [-0.05, 0) is 37.0 Å². The number of ether oxygens (including phenoxy) is 1. The molecule has 1 atom stereocenters. The summed E-state index contributed by atoms with van der Waals surface area (Å²) in [6.07, 6.45) is 3.77. The molecule has 0 fully saturated rings. The zero-order valence-corrected chi connectivity index (χ0v) is 9.99. The van der Waals surface area contributed by atoms with E-state index in [0.717, 1.165) is 29.7 Å². The van der Waals surface area contributed by atoms with Crippen molar-refractivity contribution in [2.75, 3.05) is 7.11 Å². The maximum absolute atomic E-state index is 5.55. The number of hydrogen-bond donors (Lipinski definition) is 2. The van der Waals surface area contributed by atoms with Gasteiger partial charge < -0.3 is 4.74 Å². The second kappa shape index (κ2) is 6.30. The average Bonchev–Trinajstić information content (AvgIpc) is 2.32. The Morgan fingerprint density at radius 1 is 1.56 bits per heavy atom. The van der Waals surface area contributed by atoms with Crippen molar-refractivity contribution in [1.29, 1.82) is 0 Å². The Bertz CT molecular complexity index is 350. The molecule has 0 amide bonds. The van der Waals surface area contributed by atoms with Gasteiger partial charge in [0.25, 0.3) is 0 Å². The molecule has 0 aliphatic heterocycles. The van der Waals surface area contributed by atoms with E-state index in [0.29, 0.717) is 0 Å². The fraction of sp³-hybridized carbons (Fsp3) is 0.385. The van der Waals surface area contributed by atoms with Crippen LogP contribution in [-0.2, 0) is 0 Å². The van der Waals surface area contributed by atoms with Crippen LogP contribution in [0.3, 0.4) is 0 Å². The minimum absolute atomic E-state index is 0.146.